The summed E-state index contributed by atoms with van der Waals surface area (Å²) in [6.07, 6.45) is 0. The summed E-state index contributed by atoms with van der Waals surface area (Å²) < 4.78 is 33.5. The number of nitrogens with zero attached hydrogens (tertiary/aromatic N) is 1. The topological polar surface area (TPSA) is 51.1 Å². The molecule has 2 aromatic rings. The minimum Gasteiger partial charge on any atom is -0.495 e. The van der Waals surface area contributed by atoms with Crippen LogP contribution < -0.4 is 9.64 Å². The number of halogens is 1. The second kappa shape index (κ2) is 8.19. The number of piperazine rings is 1. The molecule has 1 aliphatic heterocycles. The van der Waals surface area contributed by atoms with Crippen molar-refractivity contribution in [3.8, 4) is 5.75 Å². The minimum absolute atomic E-state index is 0.187. The van der Waals surface area contributed by atoms with E-state index in [9.17, 15) is 8.42 Å². The molecule has 0 saturated carbocycles. The lowest BCUT2D eigenvalue weighted by atomic mass is 10.1. The third kappa shape index (κ3) is 4.14. The van der Waals surface area contributed by atoms with Crippen LogP contribution in [0.15, 0.2) is 41.3 Å². The number of sulfonamides is 1. The zero-order valence-corrected chi connectivity index (χ0v) is 17.5. The molecule has 0 amide bonds. The van der Waals surface area contributed by atoms with Gasteiger partial charge in [0.1, 0.15) is 17.2 Å². The maximum absolute atomic E-state index is 13.3. The highest BCUT2D eigenvalue weighted by atomic mass is 35.5. The van der Waals surface area contributed by atoms with E-state index >= 15 is 0 Å². The first kappa shape index (κ1) is 20.1. The van der Waals surface area contributed by atoms with Gasteiger partial charge in [-0.1, -0.05) is 41.9 Å². The lowest BCUT2D eigenvalue weighted by Crippen LogP contribution is -3.13. The van der Waals surface area contributed by atoms with Crippen molar-refractivity contribution in [2.24, 2.45) is 0 Å². The van der Waals surface area contributed by atoms with Crippen LogP contribution in [0.1, 0.15) is 16.7 Å². The summed E-state index contributed by atoms with van der Waals surface area (Å²) in [4.78, 5) is 1.57. The number of hydrogen-bond acceptors (Lipinski definition) is 3. The maximum Gasteiger partial charge on any atom is 0.247 e. The smallest absolute Gasteiger partial charge is 0.247 e. The second-order valence-corrected chi connectivity index (χ2v) is 9.23. The van der Waals surface area contributed by atoms with E-state index in [-0.39, 0.29) is 4.90 Å². The van der Waals surface area contributed by atoms with Crippen molar-refractivity contribution >= 4 is 21.6 Å². The molecule has 0 bridgehead atoms. The van der Waals surface area contributed by atoms with Gasteiger partial charge in [-0.15, -0.1) is 0 Å². The first-order chi connectivity index (χ1) is 12.8. The Morgan fingerprint density at radius 2 is 1.78 bits per heavy atom. The number of nitrogens with one attached hydrogen (secondary N) is 1. The van der Waals surface area contributed by atoms with Gasteiger partial charge in [0.2, 0.25) is 10.0 Å². The third-order valence-electron chi connectivity index (χ3n) is 5.13. The first-order valence-electron chi connectivity index (χ1n) is 9.06. The van der Waals surface area contributed by atoms with E-state index in [0.29, 0.717) is 29.4 Å². The molecule has 0 radical (unpaired) electrons. The van der Waals surface area contributed by atoms with Gasteiger partial charge in [-0.25, -0.2) is 8.42 Å². The molecule has 2 aromatic carbocycles. The van der Waals surface area contributed by atoms with Gasteiger partial charge in [-0.05, 0) is 31.0 Å². The zero-order chi connectivity index (χ0) is 19.6. The fraction of sp³-hybridized carbons (Fsp3) is 0.400. The highest BCUT2D eigenvalue weighted by Gasteiger charge is 2.34. The van der Waals surface area contributed by atoms with E-state index in [1.165, 1.54) is 17.6 Å². The van der Waals surface area contributed by atoms with Crippen LogP contribution in [0.5, 0.6) is 5.75 Å². The summed E-state index contributed by atoms with van der Waals surface area (Å²) in [7, 11) is -2.17. The number of methoxy groups -OCH3 is 1. The van der Waals surface area contributed by atoms with E-state index in [1.54, 1.807) is 17.3 Å². The summed E-state index contributed by atoms with van der Waals surface area (Å²) in [5.41, 5.74) is 2.63. The van der Waals surface area contributed by atoms with Crippen molar-refractivity contribution in [3.63, 3.8) is 0 Å². The monoisotopic (exact) mass is 409 g/mol. The normalized spacial score (nSPS) is 16.4. The van der Waals surface area contributed by atoms with E-state index in [4.69, 9.17) is 16.3 Å². The van der Waals surface area contributed by atoms with Crippen molar-refractivity contribution in [2.75, 3.05) is 33.3 Å². The van der Waals surface area contributed by atoms with E-state index in [1.807, 2.05) is 25.1 Å². The van der Waals surface area contributed by atoms with Crippen LogP contribution in [0.4, 0.5) is 0 Å². The van der Waals surface area contributed by atoms with E-state index < -0.39 is 10.0 Å². The molecule has 27 heavy (non-hydrogen) atoms. The molecule has 146 valence electrons. The van der Waals surface area contributed by atoms with Crippen LogP contribution in [-0.2, 0) is 16.6 Å². The number of ether oxygens (including phenoxy) is 1. The SMILES string of the molecule is COc1cc(C)c(Cl)c(C)c1S(=O)(=O)N1CC[NH+](Cc2ccccc2)CC1. The quantitative estimate of drug-likeness (QED) is 0.822. The molecular weight excluding hydrogens is 384 g/mol. The molecule has 1 aliphatic rings. The van der Waals surface area contributed by atoms with Gasteiger partial charge in [0, 0.05) is 10.6 Å². The molecular formula is C20H26ClN2O3S+. The van der Waals surface area contributed by atoms with Gasteiger partial charge in [-0.3, -0.25) is 0 Å². The number of quaternary nitrogens is 1. The van der Waals surface area contributed by atoms with Crippen LogP contribution in [0.25, 0.3) is 0 Å². The van der Waals surface area contributed by atoms with Gasteiger partial charge in [0.15, 0.2) is 0 Å². The van der Waals surface area contributed by atoms with Crippen LogP contribution >= 0.6 is 11.6 Å². The van der Waals surface area contributed by atoms with Gasteiger partial charge in [0.25, 0.3) is 0 Å². The van der Waals surface area contributed by atoms with Crippen molar-refractivity contribution in [3.05, 3.63) is 58.1 Å². The molecule has 1 saturated heterocycles. The van der Waals surface area contributed by atoms with Gasteiger partial charge < -0.3 is 9.64 Å². The van der Waals surface area contributed by atoms with Crippen LogP contribution in [0.2, 0.25) is 5.02 Å². The average Bonchev–Trinajstić information content (AvgIpc) is 2.66. The third-order valence-corrected chi connectivity index (χ3v) is 7.78. The molecule has 1 fully saturated rings. The van der Waals surface area contributed by atoms with Crippen molar-refractivity contribution < 1.29 is 18.1 Å². The Morgan fingerprint density at radius 3 is 2.37 bits per heavy atom. The lowest BCUT2D eigenvalue weighted by molar-refractivity contribution is -0.917. The van der Waals surface area contributed by atoms with Crippen LogP contribution in [-0.4, -0.2) is 46.0 Å². The summed E-state index contributed by atoms with van der Waals surface area (Å²) in [5.74, 6) is 0.355. The molecule has 1 N–H and O–H groups in total. The average molecular weight is 410 g/mol. The molecule has 3 rings (SSSR count). The molecule has 0 unspecified atom stereocenters. The van der Waals surface area contributed by atoms with E-state index in [0.717, 1.165) is 25.2 Å². The fourth-order valence-electron chi connectivity index (χ4n) is 3.61. The number of rotatable bonds is 5. The van der Waals surface area contributed by atoms with Gasteiger partial charge in [0.05, 0.1) is 33.3 Å². The summed E-state index contributed by atoms with van der Waals surface area (Å²) in [6, 6.07) is 12.0. The second-order valence-electron chi connectivity index (χ2n) is 6.98. The number of benzene rings is 2. The largest absolute Gasteiger partial charge is 0.495 e. The standard InChI is InChI=1S/C20H25ClN2O3S/c1-15-13-18(26-3)20(16(2)19(15)21)27(24,25)23-11-9-22(10-12-23)14-17-7-5-4-6-8-17/h4-8,13H,9-12,14H2,1-3H3/p+1. The highest BCUT2D eigenvalue weighted by Crippen LogP contribution is 2.36. The highest BCUT2D eigenvalue weighted by molar-refractivity contribution is 7.89. The van der Waals surface area contributed by atoms with Gasteiger partial charge >= 0.3 is 0 Å². The molecule has 5 nitrogen and oxygen atoms in total. The lowest BCUT2D eigenvalue weighted by Gasteiger charge is -2.32. The Labute approximate surface area is 166 Å². The Morgan fingerprint density at radius 1 is 1.15 bits per heavy atom. The number of aryl methyl sites for hydroxylation is 1. The molecule has 0 aromatic heterocycles. The predicted octanol–water partition coefficient (Wildman–Crippen LogP) is 2.05. The van der Waals surface area contributed by atoms with Gasteiger partial charge in [-0.2, -0.15) is 4.31 Å². The maximum atomic E-state index is 13.3. The molecule has 0 spiro atoms. The Kier molecular flexibility index (Phi) is 6.11. The van der Waals surface area contributed by atoms with Crippen molar-refractivity contribution in [2.45, 2.75) is 25.3 Å². The van der Waals surface area contributed by atoms with Crippen molar-refractivity contribution in [1.29, 1.82) is 0 Å². The fourth-order valence-corrected chi connectivity index (χ4v) is 5.62. The zero-order valence-electron chi connectivity index (χ0n) is 16.0. The Hall–Kier alpha value is -1.60. The molecule has 1 heterocycles. The Balaban J connectivity index is 1.79. The summed E-state index contributed by atoms with van der Waals surface area (Å²) in [5, 5.41) is 0.475. The minimum atomic E-state index is -3.66. The van der Waals surface area contributed by atoms with Crippen LogP contribution in [0, 0.1) is 13.8 Å². The summed E-state index contributed by atoms with van der Waals surface area (Å²) >= 11 is 6.33. The molecule has 0 aliphatic carbocycles. The predicted molar refractivity (Wildman–Crippen MR) is 107 cm³/mol. The Bertz CT molecular complexity index is 909. The number of hydrogen-bond donors (Lipinski definition) is 1. The van der Waals surface area contributed by atoms with Crippen molar-refractivity contribution in [1.82, 2.24) is 4.31 Å². The van der Waals surface area contributed by atoms with Crippen LogP contribution in [0.3, 0.4) is 0 Å². The first-order valence-corrected chi connectivity index (χ1v) is 10.9. The molecule has 0 atom stereocenters. The summed E-state index contributed by atoms with van der Waals surface area (Å²) in [6.45, 7) is 7.01. The van der Waals surface area contributed by atoms with E-state index in [2.05, 4.69) is 12.1 Å². The molecule has 7 heteroatoms.